The number of nitrogens with zero attached hydrogens (tertiary/aromatic N) is 1. The van der Waals surface area contributed by atoms with Gasteiger partial charge < -0.3 is 10.4 Å². The Hall–Kier alpha value is -1.68. The van der Waals surface area contributed by atoms with Gasteiger partial charge in [-0.25, -0.2) is 0 Å². The first-order chi connectivity index (χ1) is 12.2. The van der Waals surface area contributed by atoms with Gasteiger partial charge in [-0.2, -0.15) is 0 Å². The van der Waals surface area contributed by atoms with Crippen LogP contribution < -0.4 is 5.32 Å². The van der Waals surface area contributed by atoms with E-state index in [1.54, 1.807) is 0 Å². The minimum Gasteiger partial charge on any atom is -0.395 e. The maximum absolute atomic E-state index is 9.43. The van der Waals surface area contributed by atoms with Crippen molar-refractivity contribution in [3.8, 4) is 0 Å². The highest BCUT2D eigenvalue weighted by Gasteiger charge is 2.15. The molecular formula is C22H32N2O. The van der Waals surface area contributed by atoms with Crippen molar-refractivity contribution in [3.05, 3.63) is 71.3 Å². The van der Waals surface area contributed by atoms with E-state index in [1.807, 2.05) is 6.07 Å². The number of aliphatic hydroxyl groups excluding tert-OH is 1. The molecule has 0 aromatic heterocycles. The second-order valence-electron chi connectivity index (χ2n) is 6.64. The van der Waals surface area contributed by atoms with Crippen molar-refractivity contribution < 1.29 is 5.11 Å². The van der Waals surface area contributed by atoms with Gasteiger partial charge in [-0.05, 0) is 43.0 Å². The molecule has 2 aromatic carbocycles. The highest BCUT2D eigenvalue weighted by Crippen LogP contribution is 2.21. The second kappa shape index (κ2) is 11.0. The van der Waals surface area contributed by atoms with Gasteiger partial charge in [0, 0.05) is 25.7 Å². The molecule has 0 radical (unpaired) electrons. The molecule has 0 amide bonds. The van der Waals surface area contributed by atoms with Crippen molar-refractivity contribution in [2.24, 2.45) is 0 Å². The molecule has 136 valence electrons. The molecule has 0 aliphatic carbocycles. The van der Waals surface area contributed by atoms with Gasteiger partial charge >= 0.3 is 0 Å². The van der Waals surface area contributed by atoms with Crippen LogP contribution in [-0.2, 0) is 6.54 Å². The Kier molecular flexibility index (Phi) is 8.67. The van der Waals surface area contributed by atoms with Crippen LogP contribution in [0.25, 0.3) is 0 Å². The van der Waals surface area contributed by atoms with E-state index < -0.39 is 0 Å². The summed E-state index contributed by atoms with van der Waals surface area (Å²) in [6, 6.07) is 19.5. The number of benzene rings is 2. The highest BCUT2D eigenvalue weighted by molar-refractivity contribution is 5.28. The van der Waals surface area contributed by atoms with Crippen LogP contribution in [0.15, 0.2) is 54.6 Å². The molecular weight excluding hydrogens is 308 g/mol. The molecule has 2 N–H and O–H groups in total. The maximum atomic E-state index is 9.43. The normalized spacial score (nSPS) is 12.5. The number of hydrogen-bond acceptors (Lipinski definition) is 3. The van der Waals surface area contributed by atoms with Gasteiger partial charge in [0.25, 0.3) is 0 Å². The number of rotatable bonds is 11. The first-order valence-electron chi connectivity index (χ1n) is 9.40. The van der Waals surface area contributed by atoms with Gasteiger partial charge in [0.2, 0.25) is 0 Å². The lowest BCUT2D eigenvalue weighted by Gasteiger charge is -2.26. The van der Waals surface area contributed by atoms with Crippen molar-refractivity contribution in [2.75, 3.05) is 26.2 Å². The first-order valence-corrected chi connectivity index (χ1v) is 9.40. The number of aliphatic hydroxyl groups is 1. The quantitative estimate of drug-likeness (QED) is 0.651. The SMILES string of the molecule is CCCNC(CCN(CCO)Cc1ccccc1)c1ccccc1C. The molecule has 0 spiro atoms. The van der Waals surface area contributed by atoms with Crippen LogP contribution >= 0.6 is 0 Å². The monoisotopic (exact) mass is 340 g/mol. The Morgan fingerprint density at radius 1 is 1.00 bits per heavy atom. The van der Waals surface area contributed by atoms with E-state index in [4.69, 9.17) is 0 Å². The molecule has 25 heavy (non-hydrogen) atoms. The second-order valence-corrected chi connectivity index (χ2v) is 6.64. The van der Waals surface area contributed by atoms with E-state index in [9.17, 15) is 5.11 Å². The van der Waals surface area contributed by atoms with E-state index in [-0.39, 0.29) is 6.61 Å². The Morgan fingerprint density at radius 3 is 2.40 bits per heavy atom. The molecule has 0 saturated heterocycles. The number of hydrogen-bond donors (Lipinski definition) is 2. The fraction of sp³-hybridized carbons (Fsp3) is 0.455. The Labute approximate surface area is 152 Å². The standard InChI is InChI=1S/C22H32N2O/c1-3-14-23-22(21-12-8-7-9-19(21)2)13-15-24(16-17-25)18-20-10-5-4-6-11-20/h4-12,22-23,25H,3,13-18H2,1-2H3. The summed E-state index contributed by atoms with van der Waals surface area (Å²) in [4.78, 5) is 2.34. The van der Waals surface area contributed by atoms with E-state index >= 15 is 0 Å². The molecule has 3 heteroatoms. The molecule has 2 rings (SSSR count). The van der Waals surface area contributed by atoms with Crippen molar-refractivity contribution in [1.29, 1.82) is 0 Å². The van der Waals surface area contributed by atoms with Crippen LogP contribution in [0.5, 0.6) is 0 Å². The largest absolute Gasteiger partial charge is 0.395 e. The molecule has 1 atom stereocenters. The van der Waals surface area contributed by atoms with Crippen LogP contribution in [0, 0.1) is 6.92 Å². The molecule has 0 aliphatic rings. The highest BCUT2D eigenvalue weighted by atomic mass is 16.3. The average molecular weight is 341 g/mol. The van der Waals surface area contributed by atoms with Gasteiger partial charge in [-0.1, -0.05) is 61.5 Å². The predicted molar refractivity (Wildman–Crippen MR) is 106 cm³/mol. The summed E-state index contributed by atoms with van der Waals surface area (Å²) >= 11 is 0. The Balaban J connectivity index is 2.02. The molecule has 3 nitrogen and oxygen atoms in total. The smallest absolute Gasteiger partial charge is 0.0558 e. The number of aryl methyl sites for hydroxylation is 1. The van der Waals surface area contributed by atoms with Crippen LogP contribution in [0.1, 0.15) is 42.5 Å². The third kappa shape index (κ3) is 6.62. The molecule has 2 aromatic rings. The van der Waals surface area contributed by atoms with Gasteiger partial charge in [0.15, 0.2) is 0 Å². The van der Waals surface area contributed by atoms with Crippen molar-refractivity contribution >= 4 is 0 Å². The van der Waals surface area contributed by atoms with Crippen LogP contribution in [0.3, 0.4) is 0 Å². The summed E-state index contributed by atoms with van der Waals surface area (Å²) in [6.45, 7) is 8.17. The van der Waals surface area contributed by atoms with E-state index in [1.165, 1.54) is 16.7 Å². The third-order valence-corrected chi connectivity index (χ3v) is 4.60. The van der Waals surface area contributed by atoms with Gasteiger partial charge in [-0.3, -0.25) is 4.90 Å². The predicted octanol–water partition coefficient (Wildman–Crippen LogP) is 3.92. The Bertz CT molecular complexity index is 600. The molecule has 0 saturated carbocycles. The zero-order valence-electron chi connectivity index (χ0n) is 15.6. The van der Waals surface area contributed by atoms with E-state index in [0.29, 0.717) is 12.6 Å². The summed E-state index contributed by atoms with van der Waals surface area (Å²) in [7, 11) is 0. The first kappa shape index (κ1) is 19.6. The van der Waals surface area contributed by atoms with Crippen molar-refractivity contribution in [1.82, 2.24) is 10.2 Å². The third-order valence-electron chi connectivity index (χ3n) is 4.60. The molecule has 0 heterocycles. The summed E-state index contributed by atoms with van der Waals surface area (Å²) in [6.07, 6.45) is 2.17. The molecule has 0 bridgehead atoms. The summed E-state index contributed by atoms with van der Waals surface area (Å²) in [5.41, 5.74) is 4.03. The zero-order valence-corrected chi connectivity index (χ0v) is 15.6. The minimum atomic E-state index is 0.199. The topological polar surface area (TPSA) is 35.5 Å². The zero-order chi connectivity index (χ0) is 17.9. The van der Waals surface area contributed by atoms with Gasteiger partial charge in [0.1, 0.15) is 0 Å². The maximum Gasteiger partial charge on any atom is 0.0558 e. The van der Waals surface area contributed by atoms with Crippen LogP contribution in [0.2, 0.25) is 0 Å². The summed E-state index contributed by atoms with van der Waals surface area (Å²) in [5.74, 6) is 0. The molecule has 0 fully saturated rings. The van der Waals surface area contributed by atoms with Gasteiger partial charge in [0.05, 0.1) is 6.61 Å². The summed E-state index contributed by atoms with van der Waals surface area (Å²) in [5, 5.41) is 13.1. The lowest BCUT2D eigenvalue weighted by molar-refractivity contribution is 0.183. The summed E-state index contributed by atoms with van der Waals surface area (Å²) < 4.78 is 0. The van der Waals surface area contributed by atoms with E-state index in [2.05, 4.69) is 72.6 Å². The fourth-order valence-electron chi connectivity index (χ4n) is 3.23. The minimum absolute atomic E-state index is 0.199. The fourth-order valence-corrected chi connectivity index (χ4v) is 3.23. The molecule has 1 unspecified atom stereocenters. The Morgan fingerprint density at radius 2 is 1.72 bits per heavy atom. The average Bonchev–Trinajstić information content (AvgIpc) is 2.63. The van der Waals surface area contributed by atoms with Crippen LogP contribution in [-0.4, -0.2) is 36.2 Å². The van der Waals surface area contributed by atoms with Crippen molar-refractivity contribution in [3.63, 3.8) is 0 Å². The van der Waals surface area contributed by atoms with Crippen LogP contribution in [0.4, 0.5) is 0 Å². The van der Waals surface area contributed by atoms with Gasteiger partial charge in [-0.15, -0.1) is 0 Å². The lowest BCUT2D eigenvalue weighted by atomic mass is 9.98. The van der Waals surface area contributed by atoms with E-state index in [0.717, 1.165) is 32.5 Å². The molecule has 0 aliphatic heterocycles. The number of nitrogens with one attached hydrogen (secondary N) is 1. The lowest BCUT2D eigenvalue weighted by Crippen LogP contribution is -2.32. The van der Waals surface area contributed by atoms with Crippen molar-refractivity contribution in [2.45, 2.75) is 39.3 Å².